The van der Waals surface area contributed by atoms with Crippen molar-refractivity contribution in [1.29, 1.82) is 0 Å². The number of nitrogens with two attached hydrogens (primary N) is 1. The van der Waals surface area contributed by atoms with Gasteiger partial charge in [-0.2, -0.15) is 0 Å². The summed E-state index contributed by atoms with van der Waals surface area (Å²) in [5.41, 5.74) is 6.42. The maximum absolute atomic E-state index is 12.6. The average Bonchev–Trinajstić information content (AvgIpc) is 3.20. The van der Waals surface area contributed by atoms with Gasteiger partial charge in [0.15, 0.2) is 0 Å². The van der Waals surface area contributed by atoms with Crippen LogP contribution in [0.5, 0.6) is 0 Å². The van der Waals surface area contributed by atoms with Crippen molar-refractivity contribution < 1.29 is 4.79 Å². The van der Waals surface area contributed by atoms with Crippen LogP contribution in [0.1, 0.15) is 32.3 Å². The minimum atomic E-state index is -0.319. The van der Waals surface area contributed by atoms with E-state index < -0.39 is 0 Å². The van der Waals surface area contributed by atoms with E-state index in [1.807, 2.05) is 30.9 Å². The van der Waals surface area contributed by atoms with Crippen molar-refractivity contribution in [3.8, 4) is 0 Å². The molecule has 0 atom stereocenters. The van der Waals surface area contributed by atoms with E-state index in [0.717, 1.165) is 18.4 Å². The van der Waals surface area contributed by atoms with Crippen molar-refractivity contribution in [3.05, 3.63) is 33.8 Å². The van der Waals surface area contributed by atoms with E-state index in [9.17, 15) is 4.79 Å². The number of rotatable bonds is 5. The van der Waals surface area contributed by atoms with Gasteiger partial charge in [-0.25, -0.2) is 0 Å². The Morgan fingerprint density at radius 2 is 2.00 bits per heavy atom. The van der Waals surface area contributed by atoms with Crippen molar-refractivity contribution in [2.45, 2.75) is 39.3 Å². The lowest BCUT2D eigenvalue weighted by Gasteiger charge is -2.30. The first-order valence-corrected chi connectivity index (χ1v) is 7.60. The second-order valence-corrected chi connectivity index (χ2v) is 6.57. The molecule has 0 unspecified atom stereocenters. The Morgan fingerprint density at radius 1 is 1.35 bits per heavy atom. The molecule has 0 spiro atoms. The zero-order valence-corrected chi connectivity index (χ0v) is 13.3. The zero-order valence-electron chi connectivity index (χ0n) is 11.8. The second kappa shape index (κ2) is 5.92. The number of hydrogen-bond donors (Lipinski definition) is 1. The lowest BCUT2D eigenvalue weighted by Crippen LogP contribution is -2.43. The first-order chi connectivity index (χ1) is 9.39. The topological polar surface area (TPSA) is 46.3 Å². The first-order valence-electron chi connectivity index (χ1n) is 6.85. The van der Waals surface area contributed by atoms with Gasteiger partial charge in [-0.15, -0.1) is 0 Å². The van der Waals surface area contributed by atoms with E-state index in [0.29, 0.717) is 23.1 Å². The molecule has 1 aliphatic rings. The fraction of sp³-hybridized carbons (Fsp3) is 0.533. The summed E-state index contributed by atoms with van der Waals surface area (Å²) in [5, 5.41) is 1.04. The normalized spacial score (nSPS) is 16.3. The van der Waals surface area contributed by atoms with Gasteiger partial charge in [-0.3, -0.25) is 4.79 Å². The third-order valence-corrected chi connectivity index (χ3v) is 4.66. The molecule has 0 saturated heterocycles. The van der Waals surface area contributed by atoms with Gasteiger partial charge in [0.25, 0.3) is 0 Å². The number of halogens is 2. The number of carbonyl (C=O) groups excluding carboxylic acids is 1. The van der Waals surface area contributed by atoms with E-state index in [4.69, 9.17) is 28.9 Å². The third kappa shape index (κ3) is 3.11. The number of amides is 1. The predicted octanol–water partition coefficient (Wildman–Crippen LogP) is 3.47. The van der Waals surface area contributed by atoms with Crippen LogP contribution >= 0.6 is 23.2 Å². The minimum Gasteiger partial charge on any atom is -0.335 e. The third-order valence-electron chi connectivity index (χ3n) is 3.92. The molecule has 1 fully saturated rings. The van der Waals surface area contributed by atoms with Gasteiger partial charge in [0.2, 0.25) is 5.91 Å². The molecule has 110 valence electrons. The summed E-state index contributed by atoms with van der Waals surface area (Å²) < 4.78 is 0. The Hall–Kier alpha value is -0.770. The molecule has 1 aliphatic carbocycles. The summed E-state index contributed by atoms with van der Waals surface area (Å²) in [6, 6.07) is 5.60. The van der Waals surface area contributed by atoms with Crippen LogP contribution < -0.4 is 5.73 Å². The molecular formula is C15H20Cl2N2O. The molecule has 1 saturated carbocycles. The predicted molar refractivity (Wildman–Crippen MR) is 82.9 cm³/mol. The molecule has 1 amide bonds. The van der Waals surface area contributed by atoms with Crippen LogP contribution in [0.3, 0.4) is 0 Å². The SMILES string of the molecule is CC(C)N(Cc1ccc(Cl)c(Cl)c1)C(=O)C1(CN)CC1. The molecule has 2 rings (SSSR count). The van der Waals surface area contributed by atoms with Crippen molar-refractivity contribution in [1.82, 2.24) is 4.90 Å². The highest BCUT2D eigenvalue weighted by Gasteiger charge is 2.50. The number of carbonyl (C=O) groups is 1. The monoisotopic (exact) mass is 314 g/mol. The Morgan fingerprint density at radius 3 is 2.45 bits per heavy atom. The molecule has 0 radical (unpaired) electrons. The van der Waals surface area contributed by atoms with Crippen molar-refractivity contribution in [3.63, 3.8) is 0 Å². The molecule has 5 heteroatoms. The summed E-state index contributed by atoms with van der Waals surface area (Å²) >= 11 is 11.9. The highest BCUT2D eigenvalue weighted by molar-refractivity contribution is 6.42. The molecule has 0 bridgehead atoms. The number of benzene rings is 1. The van der Waals surface area contributed by atoms with Crippen LogP contribution in [0.25, 0.3) is 0 Å². The first kappa shape index (κ1) is 15.6. The van der Waals surface area contributed by atoms with Gasteiger partial charge in [-0.1, -0.05) is 29.3 Å². The number of hydrogen-bond acceptors (Lipinski definition) is 2. The summed E-state index contributed by atoms with van der Waals surface area (Å²) in [6.07, 6.45) is 1.79. The quantitative estimate of drug-likeness (QED) is 0.904. The largest absolute Gasteiger partial charge is 0.335 e. The van der Waals surface area contributed by atoms with Crippen LogP contribution in [0.15, 0.2) is 18.2 Å². The molecule has 1 aromatic rings. The molecule has 2 N–H and O–H groups in total. The molecule has 0 aromatic heterocycles. The number of nitrogens with zero attached hydrogens (tertiary/aromatic N) is 1. The van der Waals surface area contributed by atoms with E-state index in [1.165, 1.54) is 0 Å². The van der Waals surface area contributed by atoms with Gasteiger partial charge >= 0.3 is 0 Å². The Labute approximate surface area is 130 Å². The highest BCUT2D eigenvalue weighted by atomic mass is 35.5. The smallest absolute Gasteiger partial charge is 0.230 e. The summed E-state index contributed by atoms with van der Waals surface area (Å²) in [7, 11) is 0. The lowest BCUT2D eigenvalue weighted by molar-refractivity contribution is -0.139. The summed E-state index contributed by atoms with van der Waals surface area (Å²) in [6.45, 7) is 5.00. The van der Waals surface area contributed by atoms with Crippen molar-refractivity contribution >= 4 is 29.1 Å². The van der Waals surface area contributed by atoms with E-state index in [1.54, 1.807) is 6.07 Å². The fourth-order valence-electron chi connectivity index (χ4n) is 2.28. The van der Waals surface area contributed by atoms with Crippen LogP contribution in [0, 0.1) is 5.41 Å². The second-order valence-electron chi connectivity index (χ2n) is 5.76. The van der Waals surface area contributed by atoms with Crippen LogP contribution in [0.4, 0.5) is 0 Å². The standard InChI is InChI=1S/C15H20Cl2N2O/c1-10(2)19(14(20)15(9-18)5-6-15)8-11-3-4-12(16)13(17)7-11/h3-4,7,10H,5-6,8-9,18H2,1-2H3. The Balaban J connectivity index is 2.17. The molecule has 3 nitrogen and oxygen atoms in total. The lowest BCUT2D eigenvalue weighted by atomic mass is 10.0. The van der Waals surface area contributed by atoms with Gasteiger partial charge < -0.3 is 10.6 Å². The molecule has 0 heterocycles. The minimum absolute atomic E-state index is 0.126. The van der Waals surface area contributed by atoms with Crippen LogP contribution in [-0.4, -0.2) is 23.4 Å². The van der Waals surface area contributed by atoms with Gasteiger partial charge in [0, 0.05) is 19.1 Å². The Kier molecular flexibility index (Phi) is 4.62. The fourth-order valence-corrected chi connectivity index (χ4v) is 2.61. The van der Waals surface area contributed by atoms with Gasteiger partial charge in [0.05, 0.1) is 15.5 Å². The van der Waals surface area contributed by atoms with Gasteiger partial charge in [-0.05, 0) is 44.4 Å². The molecule has 0 aliphatic heterocycles. The highest BCUT2D eigenvalue weighted by Crippen LogP contribution is 2.46. The van der Waals surface area contributed by atoms with Crippen LogP contribution in [-0.2, 0) is 11.3 Å². The van der Waals surface area contributed by atoms with E-state index >= 15 is 0 Å². The van der Waals surface area contributed by atoms with E-state index in [2.05, 4.69) is 0 Å². The van der Waals surface area contributed by atoms with Crippen LogP contribution in [0.2, 0.25) is 10.0 Å². The molecular weight excluding hydrogens is 295 g/mol. The summed E-state index contributed by atoms with van der Waals surface area (Å²) in [5.74, 6) is 0.154. The molecule has 20 heavy (non-hydrogen) atoms. The maximum Gasteiger partial charge on any atom is 0.230 e. The summed E-state index contributed by atoms with van der Waals surface area (Å²) in [4.78, 5) is 14.5. The van der Waals surface area contributed by atoms with Gasteiger partial charge in [0.1, 0.15) is 0 Å². The Bertz CT molecular complexity index is 513. The zero-order chi connectivity index (χ0) is 14.9. The molecule has 1 aromatic carbocycles. The van der Waals surface area contributed by atoms with Crippen molar-refractivity contribution in [2.75, 3.05) is 6.54 Å². The maximum atomic E-state index is 12.6. The van der Waals surface area contributed by atoms with E-state index in [-0.39, 0.29) is 17.4 Å². The van der Waals surface area contributed by atoms with Crippen molar-refractivity contribution in [2.24, 2.45) is 11.1 Å². The average molecular weight is 315 g/mol.